The van der Waals surface area contributed by atoms with Crippen molar-refractivity contribution in [2.45, 2.75) is 24.2 Å². The molecule has 0 spiro atoms. The van der Waals surface area contributed by atoms with Gasteiger partial charge < -0.3 is 0 Å². The molecule has 0 amide bonds. The summed E-state index contributed by atoms with van der Waals surface area (Å²) >= 11 is 0. The van der Waals surface area contributed by atoms with Gasteiger partial charge >= 0.3 is 0 Å². The molecule has 2 rings (SSSR count). The molecule has 1 heterocycles. The first-order valence-electron chi connectivity index (χ1n) is 6.10. The molecule has 0 bridgehead atoms. The quantitative estimate of drug-likeness (QED) is 0.842. The minimum Gasteiger partial charge on any atom is -0.298 e. The molecule has 6 heteroatoms. The van der Waals surface area contributed by atoms with Crippen molar-refractivity contribution in [1.29, 1.82) is 0 Å². The number of nitrogens with zero attached hydrogens (tertiary/aromatic N) is 2. The number of benzene rings is 1. The zero-order valence-electron chi connectivity index (χ0n) is 10.2. The zero-order chi connectivity index (χ0) is 13.0. The van der Waals surface area contributed by atoms with Gasteiger partial charge in [-0.1, -0.05) is 29.1 Å². The minimum atomic E-state index is -3.79. The highest BCUT2D eigenvalue weighted by Crippen LogP contribution is 2.15. The first kappa shape index (κ1) is 13.5. The van der Waals surface area contributed by atoms with Crippen molar-refractivity contribution >= 4 is 10.0 Å². The van der Waals surface area contributed by atoms with E-state index in [1.165, 1.54) is 18.6 Å². The van der Waals surface area contributed by atoms with E-state index in [1.54, 1.807) is 18.2 Å². The van der Waals surface area contributed by atoms with Gasteiger partial charge in [-0.2, -0.15) is 0 Å². The second kappa shape index (κ2) is 5.79. The van der Waals surface area contributed by atoms with Crippen molar-refractivity contribution in [2.24, 2.45) is 0 Å². The van der Waals surface area contributed by atoms with Crippen LogP contribution in [0.25, 0.3) is 0 Å². The number of hydrogen-bond acceptors (Lipinski definition) is 4. The largest absolute Gasteiger partial charge is 0.298 e. The summed E-state index contributed by atoms with van der Waals surface area (Å²) in [7, 11) is -3.79. The van der Waals surface area contributed by atoms with Gasteiger partial charge in [0.2, 0.25) is 0 Å². The van der Waals surface area contributed by atoms with E-state index in [2.05, 4.69) is 0 Å². The predicted octanol–water partition coefficient (Wildman–Crippen LogP) is 1.51. The molecule has 1 N–H and O–H groups in total. The Hall–Kier alpha value is -0.950. The molecular weight excluding hydrogens is 252 g/mol. The van der Waals surface area contributed by atoms with Gasteiger partial charge in [0.05, 0.1) is 11.6 Å². The molecule has 1 aromatic carbocycles. The van der Waals surface area contributed by atoms with Crippen LogP contribution >= 0.6 is 0 Å². The van der Waals surface area contributed by atoms with E-state index in [-0.39, 0.29) is 11.6 Å². The molecule has 18 heavy (non-hydrogen) atoms. The first-order valence-corrected chi connectivity index (χ1v) is 7.54. The number of hydrogen-bond donors (Lipinski definition) is 1. The number of likely N-dealkylation sites (tertiary alicyclic amines) is 1. The van der Waals surface area contributed by atoms with Crippen LogP contribution in [0.5, 0.6) is 0 Å². The zero-order valence-corrected chi connectivity index (χ0v) is 11.0. The molecular formula is C12H18N2O3S. The molecule has 0 unspecified atom stereocenters. The fraction of sp³-hybridized carbons (Fsp3) is 0.500. The normalized spacial score (nSPS) is 18.1. The van der Waals surface area contributed by atoms with Crippen LogP contribution in [0, 0.1) is 0 Å². The number of piperidine rings is 1. The lowest BCUT2D eigenvalue weighted by molar-refractivity contribution is -0.0446. The van der Waals surface area contributed by atoms with Crippen molar-refractivity contribution in [1.82, 2.24) is 9.37 Å². The Labute approximate surface area is 108 Å². The van der Waals surface area contributed by atoms with Crippen LogP contribution in [0.3, 0.4) is 0 Å². The lowest BCUT2D eigenvalue weighted by Gasteiger charge is -2.29. The maximum Gasteiger partial charge on any atom is 0.266 e. The molecule has 0 aromatic heterocycles. The summed E-state index contributed by atoms with van der Waals surface area (Å²) in [6.45, 7) is 1.71. The molecule has 5 nitrogen and oxygen atoms in total. The second-order valence-electron chi connectivity index (χ2n) is 4.46. The van der Waals surface area contributed by atoms with Gasteiger partial charge in [-0.25, -0.2) is 8.42 Å². The highest BCUT2D eigenvalue weighted by molar-refractivity contribution is 7.89. The van der Waals surface area contributed by atoms with Crippen LogP contribution in [-0.4, -0.2) is 42.8 Å². The summed E-state index contributed by atoms with van der Waals surface area (Å²) < 4.78 is 24.5. The van der Waals surface area contributed by atoms with Gasteiger partial charge in [-0.3, -0.25) is 10.1 Å². The molecule has 0 radical (unpaired) electrons. The summed E-state index contributed by atoms with van der Waals surface area (Å²) in [5.41, 5.74) is 0. The SMILES string of the molecule is O=S(=O)(c1ccccc1)N(O)CN1CCCCC1. The Morgan fingerprint density at radius 1 is 1.11 bits per heavy atom. The van der Waals surface area contributed by atoms with E-state index in [4.69, 9.17) is 0 Å². The van der Waals surface area contributed by atoms with Crippen LogP contribution in [0.4, 0.5) is 0 Å². The Balaban J connectivity index is 2.05. The van der Waals surface area contributed by atoms with Crippen molar-refractivity contribution in [2.75, 3.05) is 19.8 Å². The van der Waals surface area contributed by atoms with Gasteiger partial charge in [0, 0.05) is 0 Å². The van der Waals surface area contributed by atoms with E-state index in [0.29, 0.717) is 4.47 Å². The third kappa shape index (κ3) is 3.08. The molecule has 1 aliphatic rings. The number of rotatable bonds is 4. The highest BCUT2D eigenvalue weighted by Gasteiger charge is 2.25. The maximum atomic E-state index is 12.1. The Morgan fingerprint density at radius 2 is 1.72 bits per heavy atom. The Morgan fingerprint density at radius 3 is 2.33 bits per heavy atom. The van der Waals surface area contributed by atoms with Crippen LogP contribution < -0.4 is 0 Å². The molecule has 1 aliphatic heterocycles. The fourth-order valence-electron chi connectivity index (χ4n) is 2.06. The summed E-state index contributed by atoms with van der Waals surface area (Å²) in [6.07, 6.45) is 3.28. The molecule has 0 saturated carbocycles. The van der Waals surface area contributed by atoms with Crippen LogP contribution in [0.2, 0.25) is 0 Å². The van der Waals surface area contributed by atoms with Crippen molar-refractivity contribution in [3.63, 3.8) is 0 Å². The average molecular weight is 270 g/mol. The van der Waals surface area contributed by atoms with Crippen LogP contribution in [0.15, 0.2) is 35.2 Å². The monoisotopic (exact) mass is 270 g/mol. The summed E-state index contributed by atoms with van der Waals surface area (Å²) in [5.74, 6) is 0. The van der Waals surface area contributed by atoms with Gasteiger partial charge in [-0.15, -0.1) is 0 Å². The molecule has 1 aromatic rings. The molecule has 1 fully saturated rings. The average Bonchev–Trinajstić information content (AvgIpc) is 2.41. The Bertz CT molecular complexity index is 469. The third-order valence-corrected chi connectivity index (χ3v) is 4.63. The van der Waals surface area contributed by atoms with Gasteiger partial charge in [0.25, 0.3) is 10.0 Å². The van der Waals surface area contributed by atoms with Crippen LogP contribution in [0.1, 0.15) is 19.3 Å². The van der Waals surface area contributed by atoms with Crippen molar-refractivity contribution in [3.05, 3.63) is 30.3 Å². The lowest BCUT2D eigenvalue weighted by atomic mass is 10.1. The summed E-state index contributed by atoms with van der Waals surface area (Å²) in [6, 6.07) is 7.98. The van der Waals surface area contributed by atoms with E-state index in [1.807, 2.05) is 4.90 Å². The molecule has 0 atom stereocenters. The van der Waals surface area contributed by atoms with Gasteiger partial charge in [0.15, 0.2) is 0 Å². The Kier molecular flexibility index (Phi) is 4.34. The maximum absolute atomic E-state index is 12.1. The van der Waals surface area contributed by atoms with E-state index in [9.17, 15) is 13.6 Å². The molecule has 1 saturated heterocycles. The minimum absolute atomic E-state index is 0.0389. The van der Waals surface area contributed by atoms with E-state index >= 15 is 0 Å². The number of sulfonamides is 1. The number of hydroxylamine groups is 1. The molecule has 100 valence electrons. The van der Waals surface area contributed by atoms with Crippen LogP contribution in [-0.2, 0) is 10.0 Å². The molecule has 0 aliphatic carbocycles. The second-order valence-corrected chi connectivity index (χ2v) is 6.30. The van der Waals surface area contributed by atoms with E-state index < -0.39 is 10.0 Å². The van der Waals surface area contributed by atoms with Gasteiger partial charge in [0.1, 0.15) is 0 Å². The highest BCUT2D eigenvalue weighted by atomic mass is 32.2. The van der Waals surface area contributed by atoms with Crippen molar-refractivity contribution in [3.8, 4) is 0 Å². The van der Waals surface area contributed by atoms with Gasteiger partial charge in [-0.05, 0) is 38.1 Å². The smallest absolute Gasteiger partial charge is 0.266 e. The summed E-state index contributed by atoms with van der Waals surface area (Å²) in [4.78, 5) is 2.06. The predicted molar refractivity (Wildman–Crippen MR) is 67.5 cm³/mol. The third-order valence-electron chi connectivity index (χ3n) is 3.09. The topological polar surface area (TPSA) is 60.9 Å². The summed E-state index contributed by atoms with van der Waals surface area (Å²) in [5, 5.41) is 9.79. The van der Waals surface area contributed by atoms with Crippen molar-refractivity contribution < 1.29 is 13.6 Å². The first-order chi connectivity index (χ1) is 8.60. The standard InChI is InChI=1S/C12H18N2O3S/c15-14(11-13-9-5-2-6-10-13)18(16,17)12-7-3-1-4-8-12/h1,3-4,7-8,15H,2,5-6,9-11H2. The van der Waals surface area contributed by atoms with E-state index in [0.717, 1.165) is 25.9 Å². The lowest BCUT2D eigenvalue weighted by Crippen LogP contribution is -2.41. The fourth-order valence-corrected chi connectivity index (χ4v) is 3.12.